The van der Waals surface area contributed by atoms with Gasteiger partial charge in [-0.05, 0) is 31.4 Å². The molecule has 1 aromatic heterocycles. The highest BCUT2D eigenvalue weighted by Gasteiger charge is 2.27. The Balaban J connectivity index is 2.21. The van der Waals surface area contributed by atoms with Crippen molar-refractivity contribution in [1.29, 1.82) is 0 Å². The van der Waals surface area contributed by atoms with Crippen molar-refractivity contribution < 1.29 is 14.6 Å². The van der Waals surface area contributed by atoms with Gasteiger partial charge in [-0.25, -0.2) is 9.48 Å². The molecular weight excluding hydrogens is 244 g/mol. The zero-order valence-electron chi connectivity index (χ0n) is 10.6. The van der Waals surface area contributed by atoms with E-state index in [0.717, 1.165) is 36.2 Å². The van der Waals surface area contributed by atoms with Gasteiger partial charge in [0.1, 0.15) is 11.4 Å². The van der Waals surface area contributed by atoms with E-state index in [2.05, 4.69) is 5.10 Å². The topological polar surface area (TPSA) is 64.4 Å². The number of carboxylic acids is 1. The molecule has 0 amide bonds. The van der Waals surface area contributed by atoms with Crippen LogP contribution in [0, 0.1) is 0 Å². The number of hydrogen-bond acceptors (Lipinski definition) is 3. The Morgan fingerprint density at radius 3 is 2.89 bits per heavy atom. The standard InChI is InChI=1S/C14H14N2O3/c1-19-12-8-3-2-6-11(12)16-10-7-4-5-9(10)13(15-16)14(17)18/h2-3,6,8H,4-5,7H2,1H3,(H,17,18). The molecule has 0 saturated carbocycles. The van der Waals surface area contributed by atoms with Crippen LogP contribution in [0.5, 0.6) is 5.75 Å². The average Bonchev–Trinajstić information content (AvgIpc) is 2.99. The zero-order chi connectivity index (χ0) is 13.4. The van der Waals surface area contributed by atoms with Crippen molar-refractivity contribution in [2.45, 2.75) is 19.3 Å². The van der Waals surface area contributed by atoms with Crippen molar-refractivity contribution in [2.75, 3.05) is 7.11 Å². The Kier molecular flexibility index (Phi) is 2.74. The van der Waals surface area contributed by atoms with Gasteiger partial charge in [-0.15, -0.1) is 0 Å². The second-order valence-electron chi connectivity index (χ2n) is 4.52. The Bertz CT molecular complexity index is 646. The molecule has 2 aromatic rings. The fraction of sp³-hybridized carbons (Fsp3) is 0.286. The molecule has 5 nitrogen and oxygen atoms in total. The number of benzene rings is 1. The largest absolute Gasteiger partial charge is 0.494 e. The van der Waals surface area contributed by atoms with E-state index in [1.165, 1.54) is 0 Å². The van der Waals surface area contributed by atoms with Crippen molar-refractivity contribution in [3.05, 3.63) is 41.2 Å². The number of fused-ring (bicyclic) bond motifs is 1. The summed E-state index contributed by atoms with van der Waals surface area (Å²) in [5.41, 5.74) is 2.80. The summed E-state index contributed by atoms with van der Waals surface area (Å²) in [4.78, 5) is 11.3. The smallest absolute Gasteiger partial charge is 0.356 e. The van der Waals surface area contributed by atoms with Gasteiger partial charge in [0, 0.05) is 11.3 Å². The predicted molar refractivity (Wildman–Crippen MR) is 69.1 cm³/mol. The number of aromatic carboxylic acids is 1. The summed E-state index contributed by atoms with van der Waals surface area (Å²) < 4.78 is 7.03. The van der Waals surface area contributed by atoms with Crippen molar-refractivity contribution >= 4 is 5.97 Å². The van der Waals surface area contributed by atoms with Gasteiger partial charge in [-0.3, -0.25) is 0 Å². The summed E-state index contributed by atoms with van der Waals surface area (Å²) in [6.07, 6.45) is 2.61. The number of nitrogens with zero attached hydrogens (tertiary/aromatic N) is 2. The molecule has 0 atom stereocenters. The summed E-state index contributed by atoms with van der Waals surface area (Å²) in [6, 6.07) is 7.50. The maximum absolute atomic E-state index is 11.3. The number of hydrogen-bond donors (Lipinski definition) is 1. The molecule has 1 heterocycles. The minimum absolute atomic E-state index is 0.165. The second kappa shape index (κ2) is 4.42. The Labute approximate surface area is 110 Å². The van der Waals surface area contributed by atoms with Crippen LogP contribution in [0.15, 0.2) is 24.3 Å². The Morgan fingerprint density at radius 2 is 2.16 bits per heavy atom. The number of para-hydroxylation sites is 2. The van der Waals surface area contributed by atoms with E-state index in [1.807, 2.05) is 24.3 Å². The van der Waals surface area contributed by atoms with Gasteiger partial charge in [0.15, 0.2) is 5.69 Å². The quantitative estimate of drug-likeness (QED) is 0.915. The summed E-state index contributed by atoms with van der Waals surface area (Å²) in [5.74, 6) is -0.275. The molecule has 1 aromatic carbocycles. The molecule has 0 spiro atoms. The van der Waals surface area contributed by atoms with Crippen LogP contribution in [0.25, 0.3) is 5.69 Å². The first kappa shape index (κ1) is 11.8. The van der Waals surface area contributed by atoms with Crippen LogP contribution in [-0.4, -0.2) is 28.0 Å². The highest BCUT2D eigenvalue weighted by atomic mass is 16.5. The monoisotopic (exact) mass is 258 g/mol. The number of methoxy groups -OCH3 is 1. The highest BCUT2D eigenvalue weighted by Crippen LogP contribution is 2.31. The van der Waals surface area contributed by atoms with Gasteiger partial charge in [0.05, 0.1) is 7.11 Å². The van der Waals surface area contributed by atoms with Crippen LogP contribution in [0.1, 0.15) is 28.2 Å². The van der Waals surface area contributed by atoms with E-state index >= 15 is 0 Å². The van der Waals surface area contributed by atoms with E-state index in [1.54, 1.807) is 11.8 Å². The van der Waals surface area contributed by atoms with Gasteiger partial charge in [-0.2, -0.15) is 5.10 Å². The highest BCUT2D eigenvalue weighted by molar-refractivity contribution is 5.87. The fourth-order valence-electron chi connectivity index (χ4n) is 2.61. The van der Waals surface area contributed by atoms with Gasteiger partial charge in [-0.1, -0.05) is 12.1 Å². The molecule has 0 fully saturated rings. The van der Waals surface area contributed by atoms with Gasteiger partial charge in [0.25, 0.3) is 0 Å². The van der Waals surface area contributed by atoms with Gasteiger partial charge in [0.2, 0.25) is 0 Å². The third-order valence-electron chi connectivity index (χ3n) is 3.45. The Morgan fingerprint density at radius 1 is 1.37 bits per heavy atom. The molecule has 0 bridgehead atoms. The molecule has 19 heavy (non-hydrogen) atoms. The number of carboxylic acid groups (broad SMARTS) is 1. The number of ether oxygens (including phenoxy) is 1. The lowest BCUT2D eigenvalue weighted by molar-refractivity contribution is 0.0689. The van der Waals surface area contributed by atoms with E-state index < -0.39 is 5.97 Å². The summed E-state index contributed by atoms with van der Waals surface area (Å²) >= 11 is 0. The van der Waals surface area contributed by atoms with Crippen molar-refractivity contribution in [3.8, 4) is 11.4 Å². The van der Waals surface area contributed by atoms with Crippen molar-refractivity contribution in [1.82, 2.24) is 9.78 Å². The second-order valence-corrected chi connectivity index (χ2v) is 4.52. The van der Waals surface area contributed by atoms with Gasteiger partial charge < -0.3 is 9.84 Å². The molecule has 0 radical (unpaired) electrons. The molecule has 0 aliphatic heterocycles. The third kappa shape index (κ3) is 1.78. The fourth-order valence-corrected chi connectivity index (χ4v) is 2.61. The molecule has 1 N–H and O–H groups in total. The molecule has 0 saturated heterocycles. The number of carbonyl (C=O) groups is 1. The minimum atomic E-state index is -0.966. The van der Waals surface area contributed by atoms with Crippen LogP contribution < -0.4 is 4.74 Å². The summed E-state index contributed by atoms with van der Waals surface area (Å²) in [7, 11) is 1.60. The van der Waals surface area contributed by atoms with Crippen LogP contribution in [0.4, 0.5) is 0 Å². The first-order valence-corrected chi connectivity index (χ1v) is 6.20. The molecule has 0 unspecified atom stereocenters. The molecule has 1 aliphatic carbocycles. The molecule has 1 aliphatic rings. The van der Waals surface area contributed by atoms with Crippen molar-refractivity contribution in [2.24, 2.45) is 0 Å². The lowest BCUT2D eigenvalue weighted by atomic mass is 10.2. The van der Waals surface area contributed by atoms with E-state index in [0.29, 0.717) is 5.75 Å². The molecule has 98 valence electrons. The normalized spacial score (nSPS) is 13.3. The van der Waals surface area contributed by atoms with E-state index in [-0.39, 0.29) is 5.69 Å². The summed E-state index contributed by atoms with van der Waals surface area (Å²) in [5, 5.41) is 13.5. The Hall–Kier alpha value is -2.30. The lowest BCUT2D eigenvalue weighted by Gasteiger charge is -2.10. The number of aromatic nitrogens is 2. The average molecular weight is 258 g/mol. The van der Waals surface area contributed by atoms with Crippen LogP contribution in [0.3, 0.4) is 0 Å². The van der Waals surface area contributed by atoms with Gasteiger partial charge >= 0.3 is 5.97 Å². The lowest BCUT2D eigenvalue weighted by Crippen LogP contribution is -2.05. The van der Waals surface area contributed by atoms with E-state index in [9.17, 15) is 9.90 Å². The first-order valence-electron chi connectivity index (χ1n) is 6.20. The SMILES string of the molecule is COc1ccccc1-n1nc(C(=O)O)c2c1CCC2. The molecular formula is C14H14N2O3. The van der Waals surface area contributed by atoms with Crippen LogP contribution in [0.2, 0.25) is 0 Å². The molecule has 3 rings (SSSR count). The minimum Gasteiger partial charge on any atom is -0.494 e. The maximum atomic E-state index is 11.3. The summed E-state index contributed by atoms with van der Waals surface area (Å²) in [6.45, 7) is 0. The first-order chi connectivity index (χ1) is 9.22. The molecule has 5 heteroatoms. The van der Waals surface area contributed by atoms with Crippen molar-refractivity contribution in [3.63, 3.8) is 0 Å². The third-order valence-corrected chi connectivity index (χ3v) is 3.45. The van der Waals surface area contributed by atoms with Crippen LogP contribution >= 0.6 is 0 Å². The number of rotatable bonds is 3. The maximum Gasteiger partial charge on any atom is 0.356 e. The zero-order valence-corrected chi connectivity index (χ0v) is 10.6. The van der Waals surface area contributed by atoms with Crippen LogP contribution in [-0.2, 0) is 12.8 Å². The predicted octanol–water partition coefficient (Wildman–Crippen LogP) is 2.07. The van der Waals surface area contributed by atoms with E-state index in [4.69, 9.17) is 4.74 Å².